The molecule has 0 aliphatic rings. The standard InChI is InChI=1S/C22H20ClN3O3S/c1-3-13-26(20-10-5-4-9-19(20)23)30(28,29)18-8-6-7-17(14-18)22(27)25-21-12-11-16(2)15-24-21/h3-12,14-15H,1,13H2,2H3,(H,24,25,27). The van der Waals surface area contributed by atoms with Crippen LogP contribution in [0, 0.1) is 6.92 Å². The average Bonchev–Trinajstić information content (AvgIpc) is 2.74. The van der Waals surface area contributed by atoms with Crippen LogP contribution in [0.4, 0.5) is 11.5 Å². The Hall–Kier alpha value is -3.16. The molecule has 0 aliphatic carbocycles. The van der Waals surface area contributed by atoms with Crippen LogP contribution in [0.1, 0.15) is 15.9 Å². The van der Waals surface area contributed by atoms with E-state index in [0.29, 0.717) is 16.5 Å². The first-order valence-corrected chi connectivity index (χ1v) is 10.9. The summed E-state index contributed by atoms with van der Waals surface area (Å²) in [6.07, 6.45) is 3.10. The molecule has 3 rings (SSSR count). The second kappa shape index (κ2) is 9.11. The minimum Gasteiger partial charge on any atom is -0.307 e. The van der Waals surface area contributed by atoms with Crippen molar-refractivity contribution in [3.63, 3.8) is 0 Å². The number of amides is 1. The topological polar surface area (TPSA) is 79.4 Å². The van der Waals surface area contributed by atoms with Crippen molar-refractivity contribution in [2.75, 3.05) is 16.2 Å². The molecule has 0 aliphatic heterocycles. The first kappa shape index (κ1) is 21.5. The van der Waals surface area contributed by atoms with Crippen LogP contribution >= 0.6 is 11.6 Å². The number of pyridine rings is 1. The van der Waals surface area contributed by atoms with E-state index in [-0.39, 0.29) is 17.0 Å². The highest BCUT2D eigenvalue weighted by atomic mass is 35.5. The van der Waals surface area contributed by atoms with Crippen LogP contribution in [0.3, 0.4) is 0 Å². The van der Waals surface area contributed by atoms with E-state index in [9.17, 15) is 13.2 Å². The predicted molar refractivity (Wildman–Crippen MR) is 120 cm³/mol. The molecule has 3 aromatic rings. The summed E-state index contributed by atoms with van der Waals surface area (Å²) in [5, 5.41) is 2.96. The molecular formula is C22H20ClN3O3S. The van der Waals surface area contributed by atoms with E-state index in [1.807, 2.05) is 13.0 Å². The fourth-order valence-electron chi connectivity index (χ4n) is 2.75. The van der Waals surface area contributed by atoms with Crippen LogP contribution in [-0.4, -0.2) is 25.9 Å². The van der Waals surface area contributed by atoms with Crippen molar-refractivity contribution in [2.45, 2.75) is 11.8 Å². The number of nitrogens with zero attached hydrogens (tertiary/aromatic N) is 2. The second-order valence-electron chi connectivity index (χ2n) is 6.48. The molecule has 0 saturated carbocycles. The van der Waals surface area contributed by atoms with Gasteiger partial charge in [0.2, 0.25) is 0 Å². The number of aromatic nitrogens is 1. The lowest BCUT2D eigenvalue weighted by atomic mass is 10.2. The summed E-state index contributed by atoms with van der Waals surface area (Å²) in [7, 11) is -3.99. The van der Waals surface area contributed by atoms with Gasteiger partial charge in [0.05, 0.1) is 22.2 Å². The van der Waals surface area contributed by atoms with Gasteiger partial charge < -0.3 is 5.32 Å². The van der Waals surface area contributed by atoms with Crippen LogP contribution in [-0.2, 0) is 10.0 Å². The van der Waals surface area contributed by atoms with Crippen molar-refractivity contribution >= 4 is 39.0 Å². The highest BCUT2D eigenvalue weighted by Crippen LogP contribution is 2.30. The number of rotatable bonds is 7. The van der Waals surface area contributed by atoms with Crippen LogP contribution in [0.5, 0.6) is 0 Å². The third-order valence-corrected chi connectivity index (χ3v) is 6.35. The number of carbonyl (C=O) groups is 1. The molecule has 1 amide bonds. The van der Waals surface area contributed by atoms with Gasteiger partial charge in [-0.15, -0.1) is 6.58 Å². The molecule has 2 aromatic carbocycles. The SMILES string of the molecule is C=CCN(c1ccccc1Cl)S(=O)(=O)c1cccc(C(=O)Nc2ccc(C)cn2)c1. The van der Waals surface area contributed by atoms with Crippen molar-refractivity contribution in [2.24, 2.45) is 0 Å². The Morgan fingerprint density at radius 1 is 1.17 bits per heavy atom. The number of aryl methyl sites for hydroxylation is 1. The minimum atomic E-state index is -3.99. The summed E-state index contributed by atoms with van der Waals surface area (Å²) in [6.45, 7) is 5.55. The van der Waals surface area contributed by atoms with Crippen molar-refractivity contribution in [3.05, 3.63) is 95.7 Å². The number of hydrogen-bond acceptors (Lipinski definition) is 4. The molecule has 0 atom stereocenters. The van der Waals surface area contributed by atoms with Gasteiger partial charge in [-0.3, -0.25) is 9.10 Å². The van der Waals surface area contributed by atoms with Gasteiger partial charge in [-0.2, -0.15) is 0 Å². The van der Waals surface area contributed by atoms with Crippen molar-refractivity contribution in [1.82, 2.24) is 4.98 Å². The second-order valence-corrected chi connectivity index (χ2v) is 8.75. The molecular weight excluding hydrogens is 422 g/mol. The normalized spacial score (nSPS) is 11.0. The Bertz CT molecular complexity index is 1180. The molecule has 1 heterocycles. The van der Waals surface area contributed by atoms with Gasteiger partial charge >= 0.3 is 0 Å². The average molecular weight is 442 g/mol. The largest absolute Gasteiger partial charge is 0.307 e. The van der Waals surface area contributed by atoms with E-state index >= 15 is 0 Å². The van der Waals surface area contributed by atoms with Crippen molar-refractivity contribution < 1.29 is 13.2 Å². The Balaban J connectivity index is 1.94. The lowest BCUT2D eigenvalue weighted by molar-refractivity contribution is 0.102. The Morgan fingerprint density at radius 2 is 1.93 bits per heavy atom. The molecule has 1 N–H and O–H groups in total. The van der Waals surface area contributed by atoms with E-state index in [1.54, 1.807) is 36.5 Å². The number of nitrogens with one attached hydrogen (secondary N) is 1. The zero-order valence-electron chi connectivity index (χ0n) is 16.2. The zero-order chi connectivity index (χ0) is 21.7. The smallest absolute Gasteiger partial charge is 0.264 e. The van der Waals surface area contributed by atoms with E-state index in [0.717, 1.165) is 9.87 Å². The first-order valence-electron chi connectivity index (χ1n) is 9.05. The van der Waals surface area contributed by atoms with Gasteiger partial charge in [0.15, 0.2) is 0 Å². The quantitative estimate of drug-likeness (QED) is 0.540. The molecule has 0 spiro atoms. The molecule has 0 unspecified atom stereocenters. The maximum Gasteiger partial charge on any atom is 0.264 e. The number of carbonyl (C=O) groups excluding carboxylic acids is 1. The Morgan fingerprint density at radius 3 is 2.60 bits per heavy atom. The third kappa shape index (κ3) is 4.69. The third-order valence-electron chi connectivity index (χ3n) is 4.25. The molecule has 0 saturated heterocycles. The number of halogens is 1. The van der Waals surface area contributed by atoms with Gasteiger partial charge in [-0.05, 0) is 48.9 Å². The van der Waals surface area contributed by atoms with Gasteiger partial charge in [0.1, 0.15) is 5.82 Å². The summed E-state index contributed by atoms with van der Waals surface area (Å²) in [5.41, 5.74) is 1.48. The van der Waals surface area contributed by atoms with Crippen LogP contribution < -0.4 is 9.62 Å². The highest BCUT2D eigenvalue weighted by Gasteiger charge is 2.26. The zero-order valence-corrected chi connectivity index (χ0v) is 17.8. The summed E-state index contributed by atoms with van der Waals surface area (Å²) >= 11 is 6.22. The van der Waals surface area contributed by atoms with Crippen LogP contribution in [0.2, 0.25) is 5.02 Å². The van der Waals surface area contributed by atoms with Gasteiger partial charge in [-0.1, -0.05) is 41.9 Å². The summed E-state index contributed by atoms with van der Waals surface area (Å²) in [5.74, 6) is -0.0837. The Kier molecular flexibility index (Phi) is 6.54. The van der Waals surface area contributed by atoms with Crippen molar-refractivity contribution in [1.29, 1.82) is 0 Å². The lowest BCUT2D eigenvalue weighted by Crippen LogP contribution is -2.31. The van der Waals surface area contributed by atoms with E-state index in [2.05, 4.69) is 16.9 Å². The lowest BCUT2D eigenvalue weighted by Gasteiger charge is -2.24. The molecule has 8 heteroatoms. The molecule has 0 bridgehead atoms. The minimum absolute atomic E-state index is 0.0236. The number of anilines is 2. The van der Waals surface area contributed by atoms with E-state index in [4.69, 9.17) is 11.6 Å². The fourth-order valence-corrected chi connectivity index (χ4v) is 4.54. The van der Waals surface area contributed by atoms with E-state index < -0.39 is 15.9 Å². The molecule has 0 radical (unpaired) electrons. The molecule has 6 nitrogen and oxygen atoms in total. The monoisotopic (exact) mass is 441 g/mol. The maximum absolute atomic E-state index is 13.3. The predicted octanol–water partition coefficient (Wildman–Crippen LogP) is 4.68. The van der Waals surface area contributed by atoms with Crippen LogP contribution in [0.15, 0.2) is 84.4 Å². The molecule has 30 heavy (non-hydrogen) atoms. The highest BCUT2D eigenvalue weighted by molar-refractivity contribution is 7.92. The summed E-state index contributed by atoms with van der Waals surface area (Å²) < 4.78 is 27.8. The van der Waals surface area contributed by atoms with Gasteiger partial charge in [-0.25, -0.2) is 13.4 Å². The van der Waals surface area contributed by atoms with Gasteiger partial charge in [0.25, 0.3) is 15.9 Å². The van der Waals surface area contributed by atoms with Gasteiger partial charge in [0, 0.05) is 11.8 Å². The summed E-state index contributed by atoms with van der Waals surface area (Å²) in [6, 6.07) is 16.0. The van der Waals surface area contributed by atoms with Crippen molar-refractivity contribution in [3.8, 4) is 0 Å². The number of para-hydroxylation sites is 1. The van der Waals surface area contributed by atoms with Crippen LogP contribution in [0.25, 0.3) is 0 Å². The maximum atomic E-state index is 13.3. The number of sulfonamides is 1. The molecule has 0 fully saturated rings. The molecule has 154 valence electrons. The molecule has 1 aromatic heterocycles. The first-order chi connectivity index (χ1) is 14.3. The summed E-state index contributed by atoms with van der Waals surface area (Å²) in [4.78, 5) is 16.7. The Labute approximate surface area is 180 Å². The fraction of sp³-hybridized carbons (Fsp3) is 0.0909. The number of hydrogen-bond donors (Lipinski definition) is 1. The number of benzene rings is 2. The van der Waals surface area contributed by atoms with E-state index in [1.165, 1.54) is 30.3 Å².